The third-order valence-corrected chi connectivity index (χ3v) is 9.66. The molecule has 0 aromatic heterocycles. The lowest BCUT2D eigenvalue weighted by molar-refractivity contribution is -0.114. The van der Waals surface area contributed by atoms with E-state index in [4.69, 9.17) is 4.74 Å². The van der Waals surface area contributed by atoms with Crippen molar-refractivity contribution in [1.29, 1.82) is 0 Å². The Hall–Kier alpha value is -3.72. The molecule has 234 valence electrons. The predicted molar refractivity (Wildman–Crippen MR) is 178 cm³/mol. The van der Waals surface area contributed by atoms with Gasteiger partial charge in [-0.2, -0.15) is 4.31 Å². The van der Waals surface area contributed by atoms with Crippen molar-refractivity contribution >= 4 is 21.6 Å². The second-order valence-electron chi connectivity index (χ2n) is 11.7. The lowest BCUT2D eigenvalue weighted by Crippen LogP contribution is -2.47. The van der Waals surface area contributed by atoms with Crippen LogP contribution in [-0.4, -0.2) is 49.2 Å². The molecule has 1 fully saturated rings. The molecule has 4 rings (SSSR count). The van der Waals surface area contributed by atoms with E-state index < -0.39 is 10.0 Å². The zero-order valence-electron chi connectivity index (χ0n) is 26.3. The molecule has 8 heteroatoms. The molecule has 0 saturated carbocycles. The lowest BCUT2D eigenvalue weighted by Gasteiger charge is -2.37. The maximum absolute atomic E-state index is 14.2. The predicted octanol–water partition coefficient (Wildman–Crippen LogP) is 7.79. The summed E-state index contributed by atoms with van der Waals surface area (Å²) in [4.78, 5) is 14.1. The van der Waals surface area contributed by atoms with Gasteiger partial charge in [-0.05, 0) is 114 Å². The van der Waals surface area contributed by atoms with Crippen molar-refractivity contribution in [1.82, 2.24) is 9.21 Å². The van der Waals surface area contributed by atoms with Gasteiger partial charge >= 0.3 is 0 Å². The molecule has 0 radical (unpaired) electrons. The monoisotopic (exact) mass is 615 g/mol. The smallest absolute Gasteiger partial charge is 0.243 e. The van der Waals surface area contributed by atoms with Gasteiger partial charge in [-0.25, -0.2) is 8.42 Å². The van der Waals surface area contributed by atoms with Crippen LogP contribution in [0.1, 0.15) is 58.9 Å². The number of rotatable bonds is 13. The number of hydrogen-bond acceptors (Lipinski definition) is 5. The summed E-state index contributed by atoms with van der Waals surface area (Å²) in [5, 5.41) is 2.71. The van der Waals surface area contributed by atoms with E-state index in [1.807, 2.05) is 54.6 Å². The van der Waals surface area contributed by atoms with Crippen LogP contribution >= 0.6 is 0 Å². The Morgan fingerprint density at radius 2 is 1.59 bits per heavy atom. The first-order valence-corrected chi connectivity index (χ1v) is 16.8. The number of nitrogens with one attached hydrogen (secondary N) is 1. The van der Waals surface area contributed by atoms with Gasteiger partial charge in [-0.1, -0.05) is 53.6 Å². The SMILES string of the molecule is CC(=O)Nc1ccc(S(=O)(=O)N(Cc2cccc(Oc3ccccc3)c2)C2CCN(C/C=C(\C)CCC=C(C)C)CC2)cc1. The molecule has 0 aliphatic carbocycles. The standard InChI is InChI=1S/C36H45N3O4S/c1-28(2)10-8-11-29(3)20-23-38-24-21-33(22-25-38)39(44(41,42)36-18-16-32(17-19-36)37-30(4)40)27-31-12-9-15-35(26-31)43-34-13-6-5-7-14-34/h5-7,9-10,12-20,26,33H,8,11,21-25,27H2,1-4H3,(H,37,40)/b29-20+. The fourth-order valence-electron chi connectivity index (χ4n) is 5.34. The molecule has 3 aromatic rings. The second kappa shape index (κ2) is 15.8. The Morgan fingerprint density at radius 3 is 2.25 bits per heavy atom. The summed E-state index contributed by atoms with van der Waals surface area (Å²) in [5.41, 5.74) is 4.15. The number of amides is 1. The van der Waals surface area contributed by atoms with Gasteiger partial charge in [0.25, 0.3) is 0 Å². The number of nitrogens with zero attached hydrogens (tertiary/aromatic N) is 2. The van der Waals surface area contributed by atoms with Gasteiger partial charge in [-0.15, -0.1) is 0 Å². The average Bonchev–Trinajstić information content (AvgIpc) is 3.00. The van der Waals surface area contributed by atoms with E-state index >= 15 is 0 Å². The largest absolute Gasteiger partial charge is 0.457 e. The Labute approximate surface area is 263 Å². The first-order chi connectivity index (χ1) is 21.1. The molecular formula is C36H45N3O4S. The summed E-state index contributed by atoms with van der Waals surface area (Å²) in [6.07, 6.45) is 8.18. The van der Waals surface area contributed by atoms with Crippen molar-refractivity contribution in [2.45, 2.75) is 70.9 Å². The van der Waals surface area contributed by atoms with Gasteiger partial charge in [0, 0.05) is 31.7 Å². The lowest BCUT2D eigenvalue weighted by atomic mass is 10.0. The quantitative estimate of drug-likeness (QED) is 0.199. The number of ether oxygens (including phenoxy) is 1. The van der Waals surface area contributed by atoms with Gasteiger partial charge in [-0.3, -0.25) is 9.69 Å². The number of likely N-dealkylation sites (tertiary alicyclic amines) is 1. The number of carbonyl (C=O) groups is 1. The molecule has 1 aliphatic rings. The van der Waals surface area contributed by atoms with Crippen LogP contribution in [0.4, 0.5) is 5.69 Å². The molecule has 0 unspecified atom stereocenters. The second-order valence-corrected chi connectivity index (χ2v) is 13.6. The molecule has 44 heavy (non-hydrogen) atoms. The molecule has 0 atom stereocenters. The van der Waals surface area contributed by atoms with Crippen molar-refractivity contribution in [3.05, 3.63) is 108 Å². The summed E-state index contributed by atoms with van der Waals surface area (Å²) in [6, 6.07) is 23.4. The van der Waals surface area contributed by atoms with Crippen LogP contribution in [0.15, 0.2) is 107 Å². The van der Waals surface area contributed by atoms with E-state index in [1.165, 1.54) is 18.1 Å². The third-order valence-electron chi connectivity index (χ3n) is 7.75. The first kappa shape index (κ1) is 33.2. The molecule has 3 aromatic carbocycles. The molecule has 1 N–H and O–H groups in total. The molecule has 0 bridgehead atoms. The van der Waals surface area contributed by atoms with Crippen molar-refractivity contribution in [2.75, 3.05) is 25.0 Å². The number of para-hydroxylation sites is 1. The van der Waals surface area contributed by atoms with Crippen LogP contribution in [0.25, 0.3) is 0 Å². The van der Waals surface area contributed by atoms with Crippen LogP contribution in [0, 0.1) is 0 Å². The maximum Gasteiger partial charge on any atom is 0.243 e. The minimum atomic E-state index is -3.83. The van der Waals surface area contributed by atoms with E-state index in [0.717, 1.165) is 56.6 Å². The number of sulfonamides is 1. The van der Waals surface area contributed by atoms with Crippen molar-refractivity contribution < 1.29 is 17.9 Å². The molecule has 1 saturated heterocycles. The van der Waals surface area contributed by atoms with Crippen LogP contribution in [-0.2, 0) is 21.4 Å². The molecular weight excluding hydrogens is 570 g/mol. The highest BCUT2D eigenvalue weighted by Gasteiger charge is 2.34. The maximum atomic E-state index is 14.2. The van der Waals surface area contributed by atoms with E-state index in [-0.39, 0.29) is 23.4 Å². The Bertz CT molecular complexity index is 1540. The molecule has 1 aliphatic heterocycles. The van der Waals surface area contributed by atoms with Crippen molar-refractivity contribution in [3.8, 4) is 11.5 Å². The van der Waals surface area contributed by atoms with Gasteiger partial charge in [0.2, 0.25) is 15.9 Å². The summed E-state index contributed by atoms with van der Waals surface area (Å²) in [7, 11) is -3.83. The van der Waals surface area contributed by atoms with Crippen LogP contribution in [0.3, 0.4) is 0 Å². The number of allylic oxidation sites excluding steroid dienone is 3. The zero-order chi connectivity index (χ0) is 31.5. The molecule has 1 amide bonds. The number of carbonyl (C=O) groups excluding carboxylic acids is 1. The van der Waals surface area contributed by atoms with Crippen molar-refractivity contribution in [2.24, 2.45) is 0 Å². The topological polar surface area (TPSA) is 79.0 Å². The van der Waals surface area contributed by atoms with Crippen molar-refractivity contribution in [3.63, 3.8) is 0 Å². The summed E-state index contributed by atoms with van der Waals surface area (Å²) >= 11 is 0. The Balaban J connectivity index is 1.51. The highest BCUT2D eigenvalue weighted by molar-refractivity contribution is 7.89. The van der Waals surface area contributed by atoms with E-state index in [2.05, 4.69) is 43.1 Å². The van der Waals surface area contributed by atoms with Crippen LogP contribution in [0.5, 0.6) is 11.5 Å². The Kier molecular flexibility index (Phi) is 11.9. The van der Waals surface area contributed by atoms with E-state index in [9.17, 15) is 13.2 Å². The third kappa shape index (κ3) is 9.91. The fraction of sp³-hybridized carbons (Fsp3) is 0.361. The van der Waals surface area contributed by atoms with Crippen LogP contribution in [0.2, 0.25) is 0 Å². The summed E-state index contributed by atoms with van der Waals surface area (Å²) < 4.78 is 36.0. The van der Waals surface area contributed by atoms with Gasteiger partial charge in [0.1, 0.15) is 11.5 Å². The highest BCUT2D eigenvalue weighted by atomic mass is 32.2. The van der Waals surface area contributed by atoms with E-state index in [0.29, 0.717) is 11.4 Å². The first-order valence-electron chi connectivity index (χ1n) is 15.3. The number of piperidine rings is 1. The fourth-order valence-corrected chi connectivity index (χ4v) is 7.01. The zero-order valence-corrected chi connectivity index (χ0v) is 27.1. The number of anilines is 1. The van der Waals surface area contributed by atoms with Crippen LogP contribution < -0.4 is 10.1 Å². The number of benzene rings is 3. The minimum Gasteiger partial charge on any atom is -0.457 e. The Morgan fingerprint density at radius 1 is 0.909 bits per heavy atom. The minimum absolute atomic E-state index is 0.146. The summed E-state index contributed by atoms with van der Waals surface area (Å²) in [5.74, 6) is 1.18. The van der Waals surface area contributed by atoms with Gasteiger partial charge in [0.05, 0.1) is 4.90 Å². The molecule has 1 heterocycles. The average molecular weight is 616 g/mol. The number of hydrogen-bond donors (Lipinski definition) is 1. The van der Waals surface area contributed by atoms with E-state index in [1.54, 1.807) is 28.6 Å². The van der Waals surface area contributed by atoms with Gasteiger partial charge in [0.15, 0.2) is 0 Å². The highest BCUT2D eigenvalue weighted by Crippen LogP contribution is 2.29. The molecule has 7 nitrogen and oxygen atoms in total. The van der Waals surface area contributed by atoms with Gasteiger partial charge < -0.3 is 10.1 Å². The normalized spacial score (nSPS) is 14.8. The summed E-state index contributed by atoms with van der Waals surface area (Å²) in [6.45, 7) is 10.6. The molecule has 0 spiro atoms.